The van der Waals surface area contributed by atoms with Crippen LogP contribution in [-0.2, 0) is 14.6 Å². The van der Waals surface area contributed by atoms with Gasteiger partial charge in [-0.2, -0.15) is 0 Å². The minimum atomic E-state index is -3.49. The summed E-state index contributed by atoms with van der Waals surface area (Å²) in [6, 6.07) is 5.50. The van der Waals surface area contributed by atoms with Crippen LogP contribution in [0.5, 0.6) is 0 Å². The minimum absolute atomic E-state index is 0.0427. The quantitative estimate of drug-likeness (QED) is 0.559. The van der Waals surface area contributed by atoms with Gasteiger partial charge in [-0.05, 0) is 25.8 Å². The molecule has 2 atom stereocenters. The van der Waals surface area contributed by atoms with Gasteiger partial charge in [0.25, 0.3) is 5.69 Å². The molecule has 0 bridgehead atoms. The van der Waals surface area contributed by atoms with Crippen molar-refractivity contribution in [3.8, 4) is 0 Å². The van der Waals surface area contributed by atoms with Crippen molar-refractivity contribution in [1.82, 2.24) is 4.90 Å². The molecule has 0 fully saturated rings. The molecule has 1 rings (SSSR count). The Bertz CT molecular complexity index is 687. The number of hydrogen-bond acceptors (Lipinski definition) is 5. The Kier molecular flexibility index (Phi) is 6.26. The van der Waals surface area contributed by atoms with Crippen molar-refractivity contribution < 1.29 is 18.1 Å². The summed E-state index contributed by atoms with van der Waals surface area (Å²) in [5, 5.41) is 9.71. The van der Waals surface area contributed by atoms with Gasteiger partial charge in [0.05, 0.1) is 16.7 Å². The summed E-state index contributed by atoms with van der Waals surface area (Å²) in [6.07, 6.45) is 0.449. The molecule has 8 heteroatoms. The molecule has 0 heterocycles. The number of nitrogens with zero attached hydrogens (tertiary/aromatic N) is 2. The van der Waals surface area contributed by atoms with Gasteiger partial charge in [0.2, 0.25) is 5.91 Å². The topological polar surface area (TPSA) is 97.6 Å². The van der Waals surface area contributed by atoms with E-state index in [9.17, 15) is 23.3 Å². The fourth-order valence-electron chi connectivity index (χ4n) is 2.21. The van der Waals surface area contributed by atoms with Gasteiger partial charge in [-0.15, -0.1) is 0 Å². The van der Waals surface area contributed by atoms with Crippen LogP contribution in [0.4, 0.5) is 5.69 Å². The number of sulfone groups is 1. The summed E-state index contributed by atoms with van der Waals surface area (Å²) in [4.78, 5) is 24.1. The zero-order valence-electron chi connectivity index (χ0n) is 13.7. The molecule has 128 valence electrons. The number of rotatable bonds is 7. The van der Waals surface area contributed by atoms with E-state index < -0.39 is 32.0 Å². The molecule has 7 nitrogen and oxygen atoms in total. The van der Waals surface area contributed by atoms with Crippen molar-refractivity contribution >= 4 is 21.4 Å². The molecule has 0 saturated carbocycles. The summed E-state index contributed by atoms with van der Waals surface area (Å²) in [5.74, 6) is -0.559. The predicted octanol–water partition coefficient (Wildman–Crippen LogP) is 2.33. The molecule has 0 aliphatic heterocycles. The maximum Gasteiger partial charge on any atom is 0.269 e. The Morgan fingerprint density at radius 2 is 1.96 bits per heavy atom. The van der Waals surface area contributed by atoms with E-state index in [1.54, 1.807) is 26.0 Å². The Hall–Kier alpha value is -1.96. The first-order valence-electron chi connectivity index (χ1n) is 7.34. The largest absolute Gasteiger partial charge is 0.338 e. The molecule has 0 aliphatic carbocycles. The van der Waals surface area contributed by atoms with Crippen LogP contribution >= 0.6 is 0 Å². The lowest BCUT2D eigenvalue weighted by molar-refractivity contribution is -0.384. The highest BCUT2D eigenvalue weighted by molar-refractivity contribution is 7.92. The number of nitro groups is 1. The molecule has 0 aromatic heterocycles. The SMILES string of the molecule is CCCS(=O)(=O)[C@@H](C)C(=O)N(C)[C@@H](C)c1cccc([N+](=O)[O-])c1. The molecule has 1 aromatic rings. The second-order valence-corrected chi connectivity index (χ2v) is 7.93. The third-order valence-corrected chi connectivity index (χ3v) is 6.12. The van der Waals surface area contributed by atoms with E-state index in [1.165, 1.54) is 31.0 Å². The van der Waals surface area contributed by atoms with Gasteiger partial charge in [-0.3, -0.25) is 14.9 Å². The van der Waals surface area contributed by atoms with Crippen LogP contribution in [0.1, 0.15) is 38.8 Å². The summed E-state index contributed by atoms with van der Waals surface area (Å²) < 4.78 is 24.1. The monoisotopic (exact) mass is 342 g/mol. The number of carbonyl (C=O) groups excluding carboxylic acids is 1. The normalized spacial score (nSPS) is 14.1. The molecule has 0 aliphatic rings. The predicted molar refractivity (Wildman–Crippen MR) is 87.8 cm³/mol. The lowest BCUT2D eigenvalue weighted by Gasteiger charge is -2.27. The van der Waals surface area contributed by atoms with Gasteiger partial charge in [-0.1, -0.05) is 19.1 Å². The number of benzene rings is 1. The average molecular weight is 342 g/mol. The fourth-order valence-corrected chi connectivity index (χ4v) is 3.61. The zero-order valence-corrected chi connectivity index (χ0v) is 14.5. The van der Waals surface area contributed by atoms with E-state index in [1.807, 2.05) is 0 Å². The number of carbonyl (C=O) groups is 1. The first-order valence-corrected chi connectivity index (χ1v) is 9.06. The molecular formula is C15H22N2O5S. The van der Waals surface area contributed by atoms with Gasteiger partial charge in [0.1, 0.15) is 5.25 Å². The third-order valence-electron chi connectivity index (χ3n) is 3.87. The highest BCUT2D eigenvalue weighted by Gasteiger charge is 2.31. The highest BCUT2D eigenvalue weighted by Crippen LogP contribution is 2.24. The summed E-state index contributed by atoms with van der Waals surface area (Å²) in [7, 11) is -1.99. The third kappa shape index (κ3) is 4.51. The Morgan fingerprint density at radius 3 is 2.48 bits per heavy atom. The number of nitro benzene ring substituents is 1. The van der Waals surface area contributed by atoms with Crippen molar-refractivity contribution in [2.75, 3.05) is 12.8 Å². The molecule has 23 heavy (non-hydrogen) atoms. The van der Waals surface area contributed by atoms with Crippen LogP contribution in [-0.4, -0.2) is 42.2 Å². The second kappa shape index (κ2) is 7.54. The maximum absolute atomic E-state index is 12.4. The molecule has 1 amide bonds. The van der Waals surface area contributed by atoms with Crippen LogP contribution in [0.15, 0.2) is 24.3 Å². The molecule has 0 saturated heterocycles. The van der Waals surface area contributed by atoms with Gasteiger partial charge in [0, 0.05) is 19.2 Å². The first kappa shape index (κ1) is 19.1. The maximum atomic E-state index is 12.4. The van der Waals surface area contributed by atoms with E-state index >= 15 is 0 Å². The lowest BCUT2D eigenvalue weighted by atomic mass is 10.1. The molecule has 0 unspecified atom stereocenters. The fraction of sp³-hybridized carbons (Fsp3) is 0.533. The van der Waals surface area contributed by atoms with Crippen LogP contribution < -0.4 is 0 Å². The Labute approximate surface area is 136 Å². The lowest BCUT2D eigenvalue weighted by Crippen LogP contribution is -2.41. The average Bonchev–Trinajstić information content (AvgIpc) is 2.52. The Morgan fingerprint density at radius 1 is 1.35 bits per heavy atom. The van der Waals surface area contributed by atoms with Gasteiger partial charge < -0.3 is 4.90 Å². The van der Waals surface area contributed by atoms with Crippen molar-refractivity contribution in [2.24, 2.45) is 0 Å². The number of non-ortho nitro benzene ring substituents is 1. The van der Waals surface area contributed by atoms with E-state index in [-0.39, 0.29) is 11.4 Å². The van der Waals surface area contributed by atoms with Crippen LogP contribution in [0.2, 0.25) is 0 Å². The Balaban J connectivity index is 3.00. The molecule has 0 radical (unpaired) electrons. The van der Waals surface area contributed by atoms with Crippen molar-refractivity contribution in [1.29, 1.82) is 0 Å². The smallest absolute Gasteiger partial charge is 0.269 e. The number of amides is 1. The summed E-state index contributed by atoms with van der Waals surface area (Å²) in [5.41, 5.74) is 0.511. The second-order valence-electron chi connectivity index (χ2n) is 5.49. The first-order chi connectivity index (χ1) is 10.6. The molecule has 0 N–H and O–H groups in total. The van der Waals surface area contributed by atoms with Crippen molar-refractivity contribution in [3.63, 3.8) is 0 Å². The summed E-state index contributed by atoms with van der Waals surface area (Å²) in [6.45, 7) is 4.82. The van der Waals surface area contributed by atoms with E-state index in [2.05, 4.69) is 0 Å². The van der Waals surface area contributed by atoms with E-state index in [0.29, 0.717) is 12.0 Å². The van der Waals surface area contributed by atoms with Crippen molar-refractivity contribution in [3.05, 3.63) is 39.9 Å². The van der Waals surface area contributed by atoms with Crippen LogP contribution in [0, 0.1) is 10.1 Å². The van der Waals surface area contributed by atoms with Gasteiger partial charge in [-0.25, -0.2) is 8.42 Å². The van der Waals surface area contributed by atoms with E-state index in [4.69, 9.17) is 0 Å². The standard InChI is InChI=1S/C15H22N2O5S/c1-5-9-23(21,22)12(3)15(18)16(4)11(2)13-7-6-8-14(10-13)17(19)20/h6-8,10-12H,5,9H2,1-4H3/t11-,12-/m0/s1. The molecule has 1 aromatic carbocycles. The minimum Gasteiger partial charge on any atom is -0.338 e. The van der Waals surface area contributed by atoms with Crippen LogP contribution in [0.3, 0.4) is 0 Å². The van der Waals surface area contributed by atoms with Crippen LogP contribution in [0.25, 0.3) is 0 Å². The van der Waals surface area contributed by atoms with Gasteiger partial charge >= 0.3 is 0 Å². The molecule has 0 spiro atoms. The van der Waals surface area contributed by atoms with E-state index in [0.717, 1.165) is 0 Å². The highest BCUT2D eigenvalue weighted by atomic mass is 32.2. The summed E-state index contributed by atoms with van der Waals surface area (Å²) >= 11 is 0. The zero-order chi connectivity index (χ0) is 17.8. The number of hydrogen-bond donors (Lipinski definition) is 0. The van der Waals surface area contributed by atoms with Crippen molar-refractivity contribution in [2.45, 2.75) is 38.5 Å². The van der Waals surface area contributed by atoms with Gasteiger partial charge in [0.15, 0.2) is 9.84 Å². The molecular weight excluding hydrogens is 320 g/mol.